The van der Waals surface area contributed by atoms with Crippen LogP contribution in [0.4, 0.5) is 5.69 Å². The van der Waals surface area contributed by atoms with Crippen LogP contribution in [0.1, 0.15) is 130 Å². The van der Waals surface area contributed by atoms with Crippen molar-refractivity contribution in [1.82, 2.24) is 14.7 Å². The lowest BCUT2D eigenvalue weighted by molar-refractivity contribution is 0.0677. The Balaban J connectivity index is 0.000000129. The van der Waals surface area contributed by atoms with Gasteiger partial charge in [-0.25, -0.2) is 4.90 Å². The fourth-order valence-corrected chi connectivity index (χ4v) is 12.1. The first-order chi connectivity index (χ1) is 48.4. The first kappa shape index (κ1) is 68.1. The first-order valence-electron chi connectivity index (χ1n) is 32.5. The molecule has 11 aromatic carbocycles. The van der Waals surface area contributed by atoms with Crippen molar-refractivity contribution in [2.75, 3.05) is 33.2 Å². The summed E-state index contributed by atoms with van der Waals surface area (Å²) in [6.45, 7) is 12.8. The van der Waals surface area contributed by atoms with Gasteiger partial charge in [0.2, 0.25) is 0 Å². The molecule has 0 radical (unpaired) electrons. The van der Waals surface area contributed by atoms with Crippen molar-refractivity contribution in [3.05, 3.63) is 321 Å². The average molecular weight is 1340 g/mol. The molecule has 502 valence electrons. The van der Waals surface area contributed by atoms with E-state index in [1.165, 1.54) is 54.5 Å². The van der Waals surface area contributed by atoms with E-state index in [4.69, 9.17) is 18.9 Å². The molecule has 4 aliphatic rings. The van der Waals surface area contributed by atoms with Crippen molar-refractivity contribution >= 4 is 52.9 Å². The van der Waals surface area contributed by atoms with E-state index in [1.807, 2.05) is 111 Å². The van der Waals surface area contributed by atoms with Crippen LogP contribution >= 0.6 is 0 Å². The third kappa shape index (κ3) is 14.2. The van der Waals surface area contributed by atoms with Crippen LogP contribution in [0.5, 0.6) is 40.2 Å². The number of amides is 8. The van der Waals surface area contributed by atoms with Crippen LogP contribution in [0, 0.1) is 27.7 Å². The van der Waals surface area contributed by atoms with Gasteiger partial charge in [-0.1, -0.05) is 128 Å². The smallest absolute Gasteiger partial charge is 0.266 e. The van der Waals surface area contributed by atoms with E-state index in [1.54, 1.807) is 104 Å². The van der Waals surface area contributed by atoms with E-state index in [2.05, 4.69) is 76.2 Å². The molecule has 0 aromatic heterocycles. The Morgan fingerprint density at radius 3 is 0.931 bits per heavy atom. The molecule has 101 heavy (non-hydrogen) atoms. The molecule has 15 rings (SSSR count). The molecule has 0 unspecified atom stereocenters. The summed E-state index contributed by atoms with van der Waals surface area (Å²) in [4.78, 5) is 103. The lowest BCUT2D eigenvalue weighted by Crippen LogP contribution is -2.29. The number of hydrogen-bond acceptors (Lipinski definition) is 12. The Labute approximate surface area is 585 Å². The zero-order valence-electron chi connectivity index (χ0n) is 57.3. The minimum absolute atomic E-state index is 0.0317. The van der Waals surface area contributed by atoms with Crippen molar-refractivity contribution < 1.29 is 57.3 Å². The summed E-state index contributed by atoms with van der Waals surface area (Å²) in [6.07, 6.45) is 0. The number of anilines is 1. The molecule has 11 aromatic rings. The van der Waals surface area contributed by atoms with Gasteiger partial charge in [0.1, 0.15) is 40.2 Å². The van der Waals surface area contributed by atoms with Gasteiger partial charge in [0.05, 0.1) is 57.3 Å². The van der Waals surface area contributed by atoms with E-state index >= 15 is 0 Å². The summed E-state index contributed by atoms with van der Waals surface area (Å²) in [5.74, 6) is 2.69. The number of imide groups is 4. The summed E-state index contributed by atoms with van der Waals surface area (Å²) in [5, 5.41) is 0. The highest BCUT2D eigenvalue weighted by Crippen LogP contribution is 2.38. The number of nitrogens with zero attached hydrogens (tertiary/aromatic N) is 4. The normalized spacial score (nSPS) is 13.3. The van der Waals surface area contributed by atoms with Crippen LogP contribution in [-0.4, -0.2) is 90.2 Å². The number of methoxy groups -OCH3 is 1. The highest BCUT2D eigenvalue weighted by Gasteiger charge is 2.39. The van der Waals surface area contributed by atoms with Crippen molar-refractivity contribution in [2.24, 2.45) is 0 Å². The first-order valence-corrected chi connectivity index (χ1v) is 32.5. The number of hydrogen-bond donors (Lipinski definition) is 0. The Hall–Kier alpha value is -12.8. The summed E-state index contributed by atoms with van der Waals surface area (Å²) in [6, 6.07) is 75.6. The molecule has 0 N–H and O–H groups in total. The van der Waals surface area contributed by atoms with E-state index < -0.39 is 11.8 Å². The number of aryl methyl sites for hydroxylation is 4. The summed E-state index contributed by atoms with van der Waals surface area (Å²) < 4.78 is 22.8. The molecule has 0 atom stereocenters. The van der Waals surface area contributed by atoms with Crippen LogP contribution in [-0.2, 0) is 5.41 Å². The van der Waals surface area contributed by atoms with Gasteiger partial charge in [0, 0.05) is 32.6 Å². The molecule has 0 fully saturated rings. The highest BCUT2D eigenvalue weighted by atomic mass is 16.5. The second-order valence-corrected chi connectivity index (χ2v) is 25.4. The zero-order valence-corrected chi connectivity index (χ0v) is 57.3. The fraction of sp³-hybridized carbons (Fsp3) is 0.129. The van der Waals surface area contributed by atoms with Crippen molar-refractivity contribution in [3.8, 4) is 62.5 Å². The quantitative estimate of drug-likeness (QED) is 0.106. The third-order valence-corrected chi connectivity index (χ3v) is 18.0. The van der Waals surface area contributed by atoms with Crippen molar-refractivity contribution in [2.45, 2.75) is 47.0 Å². The van der Waals surface area contributed by atoms with Crippen LogP contribution < -0.4 is 23.8 Å². The molecule has 8 amide bonds. The number of benzene rings is 11. The van der Waals surface area contributed by atoms with Gasteiger partial charge in [-0.05, 0) is 206 Å². The lowest BCUT2D eigenvalue weighted by Gasteiger charge is -2.26. The highest BCUT2D eigenvalue weighted by molar-refractivity contribution is 6.35. The number of carbonyl (C=O) groups excluding carboxylic acids is 8. The van der Waals surface area contributed by atoms with Crippen LogP contribution in [0.2, 0.25) is 0 Å². The zero-order chi connectivity index (χ0) is 71.6. The molecular weight excluding hydrogens is 1270 g/mol. The maximum Gasteiger partial charge on any atom is 0.266 e. The predicted molar refractivity (Wildman–Crippen MR) is 387 cm³/mol. The van der Waals surface area contributed by atoms with Gasteiger partial charge in [-0.2, -0.15) is 0 Å². The fourth-order valence-electron chi connectivity index (χ4n) is 12.1. The molecule has 0 saturated carbocycles. The third-order valence-electron chi connectivity index (χ3n) is 18.0. The largest absolute Gasteiger partial charge is 0.497 e. The topological polar surface area (TPSA) is 186 Å². The van der Waals surface area contributed by atoms with Crippen LogP contribution in [0.3, 0.4) is 0 Å². The maximum atomic E-state index is 13.0. The molecule has 0 bridgehead atoms. The summed E-state index contributed by atoms with van der Waals surface area (Å²) >= 11 is 0. The molecule has 0 aliphatic carbocycles. The van der Waals surface area contributed by atoms with Gasteiger partial charge >= 0.3 is 0 Å². The predicted octanol–water partition coefficient (Wildman–Crippen LogP) is 17.5. The molecule has 16 nitrogen and oxygen atoms in total. The van der Waals surface area contributed by atoms with E-state index in [9.17, 15) is 38.4 Å². The van der Waals surface area contributed by atoms with Crippen molar-refractivity contribution in [3.63, 3.8) is 0 Å². The van der Waals surface area contributed by atoms with Gasteiger partial charge in [-0.3, -0.25) is 53.1 Å². The van der Waals surface area contributed by atoms with Crippen LogP contribution in [0.25, 0.3) is 22.3 Å². The minimum Gasteiger partial charge on any atom is -0.497 e. The minimum atomic E-state index is -0.417. The van der Waals surface area contributed by atoms with Crippen LogP contribution in [0.15, 0.2) is 243 Å². The molecule has 4 heterocycles. The lowest BCUT2D eigenvalue weighted by atomic mass is 9.78. The Kier molecular flexibility index (Phi) is 19.1. The Bertz CT molecular complexity index is 5000. The van der Waals surface area contributed by atoms with Crippen molar-refractivity contribution in [1.29, 1.82) is 0 Å². The molecule has 4 aliphatic heterocycles. The standard InChI is InChI=1S/C24H16N2O5.C23H24O.C20H18O2.C18H12N2O4/c1-25-21(27)17-9-3-13(11-19(17)22(25)28)14-4-10-18-20(12-14)24(30)26(23(18)29)15-5-7-16(31-2)8-6-15;1-17-5-9-19(10-6-17)23(3,4)20-11-15-22(16-12-20)24-21-13-7-18(2)8-14-21;1-15-6-3-8-17(12-15)21-19-10-5-11-20(14-19)22-18-9-4-7-16(2)13-18;1-19-15(21)11-5-3-9(7-13(11)17(19)23)10-4-6-12-14(8-10)18(24)20(2)16(12)22/h3-12H,1-2H3;5-16H,1-4H3;3-14H,1-2H3;3-8H,1-2H3. The summed E-state index contributed by atoms with van der Waals surface area (Å²) in [7, 11) is 5.87. The van der Waals surface area contributed by atoms with E-state index in [0.29, 0.717) is 78.2 Å². The average Bonchev–Trinajstić information content (AvgIpc) is 1.63. The monoisotopic (exact) mass is 1340 g/mol. The maximum absolute atomic E-state index is 13.0. The Morgan fingerprint density at radius 2 is 0.554 bits per heavy atom. The van der Waals surface area contributed by atoms with Gasteiger partial charge in [-0.15, -0.1) is 0 Å². The number of rotatable bonds is 12. The second kappa shape index (κ2) is 28.3. The number of ether oxygens (including phenoxy) is 4. The number of fused-ring (bicyclic) bond motifs is 4. The molecule has 0 spiro atoms. The van der Waals surface area contributed by atoms with E-state index in [0.717, 1.165) is 54.1 Å². The molecule has 16 heteroatoms. The summed E-state index contributed by atoms with van der Waals surface area (Å²) in [5.41, 5.74) is 13.4. The SMILES string of the molecule is CN1C(=O)c2ccc(-c3ccc4c(c3)C(=O)N(C)C4=O)cc2C1=O.COc1ccc(N2C(=O)c3ccc(-c4ccc5c(c4)C(=O)N(C)C5=O)cc3C2=O)cc1.Cc1ccc(Oc2ccc(C(C)(C)c3ccc(C)cc3)cc2)cc1.Cc1cccc(Oc2cccc(Oc3cccc(C)c3)c2)c1. The van der Waals surface area contributed by atoms with E-state index in [-0.39, 0.29) is 40.9 Å². The molecular formula is C85H70N4O12. The van der Waals surface area contributed by atoms with Gasteiger partial charge in [0.15, 0.2) is 0 Å². The second-order valence-electron chi connectivity index (χ2n) is 25.4. The number of carbonyl (C=O) groups is 8. The Morgan fingerprint density at radius 1 is 0.267 bits per heavy atom. The van der Waals surface area contributed by atoms with Gasteiger partial charge < -0.3 is 18.9 Å². The molecule has 0 saturated heterocycles. The van der Waals surface area contributed by atoms with Gasteiger partial charge in [0.25, 0.3) is 47.3 Å².